The standard InChI is InChI=1S/C18H17Cl2N3S/c1-12(2)10-23-17(13-5-6-15(19)16(20)8-13)11-24-18(23)22-14-4-3-7-21-9-14/h3-9,11-12H,10H2,1-2H3. The van der Waals surface area contributed by atoms with Gasteiger partial charge in [0.2, 0.25) is 0 Å². The van der Waals surface area contributed by atoms with Crippen LogP contribution in [-0.4, -0.2) is 9.55 Å². The molecule has 124 valence electrons. The lowest BCUT2D eigenvalue weighted by molar-refractivity contribution is 0.518. The van der Waals surface area contributed by atoms with Crippen molar-refractivity contribution >= 4 is 40.2 Å². The molecule has 0 aliphatic heterocycles. The van der Waals surface area contributed by atoms with E-state index in [2.05, 4.69) is 28.8 Å². The van der Waals surface area contributed by atoms with Crippen molar-refractivity contribution in [1.29, 1.82) is 0 Å². The molecule has 0 radical (unpaired) electrons. The van der Waals surface area contributed by atoms with E-state index >= 15 is 0 Å². The number of hydrogen-bond acceptors (Lipinski definition) is 3. The second kappa shape index (κ2) is 7.51. The first-order valence-corrected chi connectivity index (χ1v) is 9.26. The van der Waals surface area contributed by atoms with Crippen LogP contribution in [0.25, 0.3) is 11.3 Å². The number of pyridine rings is 1. The second-order valence-corrected chi connectivity index (χ2v) is 7.51. The fraction of sp³-hybridized carbons (Fsp3) is 0.222. The lowest BCUT2D eigenvalue weighted by atomic mass is 10.1. The van der Waals surface area contributed by atoms with Gasteiger partial charge in [-0.3, -0.25) is 4.98 Å². The fourth-order valence-corrected chi connectivity index (χ4v) is 3.61. The van der Waals surface area contributed by atoms with E-state index in [0.29, 0.717) is 16.0 Å². The molecule has 1 aromatic carbocycles. The molecule has 3 nitrogen and oxygen atoms in total. The molecule has 0 saturated carbocycles. The Labute approximate surface area is 155 Å². The summed E-state index contributed by atoms with van der Waals surface area (Å²) in [5.41, 5.74) is 2.97. The van der Waals surface area contributed by atoms with E-state index < -0.39 is 0 Å². The summed E-state index contributed by atoms with van der Waals surface area (Å²) in [6, 6.07) is 9.55. The molecular weight excluding hydrogens is 361 g/mol. The van der Waals surface area contributed by atoms with Crippen molar-refractivity contribution in [2.24, 2.45) is 10.9 Å². The van der Waals surface area contributed by atoms with Crippen molar-refractivity contribution in [3.8, 4) is 11.3 Å². The van der Waals surface area contributed by atoms with Gasteiger partial charge in [0.1, 0.15) is 0 Å². The quantitative estimate of drug-likeness (QED) is 0.564. The number of nitrogens with zero attached hydrogens (tertiary/aromatic N) is 3. The third-order valence-corrected chi connectivity index (χ3v) is 5.03. The van der Waals surface area contributed by atoms with Crippen molar-refractivity contribution in [2.75, 3.05) is 0 Å². The lowest BCUT2D eigenvalue weighted by Crippen LogP contribution is -2.18. The van der Waals surface area contributed by atoms with Crippen molar-refractivity contribution in [3.05, 3.63) is 63.0 Å². The Bertz CT molecular complexity index is 898. The minimum Gasteiger partial charge on any atom is -0.316 e. The SMILES string of the molecule is CC(C)Cn1c(-c2ccc(Cl)c(Cl)c2)csc1=Nc1cccnc1. The van der Waals surface area contributed by atoms with E-state index in [1.807, 2.05) is 30.3 Å². The third kappa shape index (κ3) is 3.89. The van der Waals surface area contributed by atoms with Crippen LogP contribution in [0.4, 0.5) is 5.69 Å². The normalized spacial score (nSPS) is 12.1. The van der Waals surface area contributed by atoms with Gasteiger partial charge in [-0.2, -0.15) is 0 Å². The summed E-state index contributed by atoms with van der Waals surface area (Å²) in [6.45, 7) is 5.26. The van der Waals surface area contributed by atoms with Crippen LogP contribution in [0.2, 0.25) is 10.0 Å². The van der Waals surface area contributed by atoms with E-state index in [9.17, 15) is 0 Å². The van der Waals surface area contributed by atoms with Crippen LogP contribution in [-0.2, 0) is 6.54 Å². The van der Waals surface area contributed by atoms with Crippen molar-refractivity contribution in [2.45, 2.75) is 20.4 Å². The van der Waals surface area contributed by atoms with Crippen LogP contribution in [0.5, 0.6) is 0 Å². The highest BCUT2D eigenvalue weighted by Gasteiger charge is 2.11. The maximum absolute atomic E-state index is 6.19. The smallest absolute Gasteiger partial charge is 0.190 e. The number of halogens is 2. The molecule has 3 rings (SSSR count). The molecule has 2 aromatic heterocycles. The van der Waals surface area contributed by atoms with E-state index in [1.54, 1.807) is 23.7 Å². The Morgan fingerprint density at radius 2 is 2.04 bits per heavy atom. The van der Waals surface area contributed by atoms with Crippen LogP contribution in [0.3, 0.4) is 0 Å². The first-order valence-electron chi connectivity index (χ1n) is 7.63. The summed E-state index contributed by atoms with van der Waals surface area (Å²) in [4.78, 5) is 9.81. The van der Waals surface area contributed by atoms with Gasteiger partial charge in [0.25, 0.3) is 0 Å². The van der Waals surface area contributed by atoms with E-state index in [-0.39, 0.29) is 0 Å². The zero-order chi connectivity index (χ0) is 17.1. The van der Waals surface area contributed by atoms with Crippen molar-refractivity contribution < 1.29 is 0 Å². The van der Waals surface area contributed by atoms with Crippen molar-refractivity contribution in [3.63, 3.8) is 0 Å². The molecule has 0 N–H and O–H groups in total. The summed E-state index contributed by atoms with van der Waals surface area (Å²) in [6.07, 6.45) is 3.51. The average molecular weight is 378 g/mol. The molecular formula is C18H17Cl2N3S. The molecule has 0 unspecified atom stereocenters. The van der Waals surface area contributed by atoms with Gasteiger partial charge in [0.15, 0.2) is 4.80 Å². The zero-order valence-corrected chi connectivity index (χ0v) is 15.7. The van der Waals surface area contributed by atoms with Gasteiger partial charge >= 0.3 is 0 Å². The van der Waals surface area contributed by atoms with Gasteiger partial charge in [-0.15, -0.1) is 11.3 Å². The molecule has 0 aliphatic carbocycles. The molecule has 0 fully saturated rings. The second-order valence-electron chi connectivity index (χ2n) is 5.86. The first kappa shape index (κ1) is 17.2. The molecule has 0 spiro atoms. The topological polar surface area (TPSA) is 30.2 Å². The monoisotopic (exact) mass is 377 g/mol. The average Bonchev–Trinajstić information content (AvgIpc) is 2.93. The molecule has 0 atom stereocenters. The van der Waals surface area contributed by atoms with E-state index in [4.69, 9.17) is 28.2 Å². The van der Waals surface area contributed by atoms with Crippen LogP contribution >= 0.6 is 34.5 Å². The van der Waals surface area contributed by atoms with Crippen molar-refractivity contribution in [1.82, 2.24) is 9.55 Å². The first-order chi connectivity index (χ1) is 11.5. The Kier molecular flexibility index (Phi) is 5.39. The third-order valence-electron chi connectivity index (χ3n) is 3.43. The minimum absolute atomic E-state index is 0.494. The highest BCUT2D eigenvalue weighted by atomic mass is 35.5. The maximum Gasteiger partial charge on any atom is 0.190 e. The maximum atomic E-state index is 6.19. The number of rotatable bonds is 4. The molecule has 24 heavy (non-hydrogen) atoms. The Morgan fingerprint density at radius 3 is 2.71 bits per heavy atom. The van der Waals surface area contributed by atoms with Gasteiger partial charge in [0, 0.05) is 23.7 Å². The molecule has 2 heterocycles. The van der Waals surface area contributed by atoms with Gasteiger partial charge < -0.3 is 4.57 Å². The summed E-state index contributed by atoms with van der Waals surface area (Å²) in [5, 5.41) is 3.23. The van der Waals surface area contributed by atoms with E-state index in [0.717, 1.165) is 28.3 Å². The van der Waals surface area contributed by atoms with Gasteiger partial charge in [-0.1, -0.05) is 43.1 Å². The Morgan fingerprint density at radius 1 is 1.21 bits per heavy atom. The van der Waals surface area contributed by atoms with Crippen LogP contribution < -0.4 is 4.80 Å². The van der Waals surface area contributed by atoms with Gasteiger partial charge in [-0.25, -0.2) is 4.99 Å². The molecule has 0 bridgehead atoms. The lowest BCUT2D eigenvalue weighted by Gasteiger charge is -2.12. The number of hydrogen-bond donors (Lipinski definition) is 0. The number of benzene rings is 1. The minimum atomic E-state index is 0.494. The van der Waals surface area contributed by atoms with Crippen LogP contribution in [0.15, 0.2) is 53.1 Å². The molecule has 6 heteroatoms. The number of thiazole rings is 1. The summed E-state index contributed by atoms with van der Waals surface area (Å²) in [7, 11) is 0. The molecule has 0 aliphatic rings. The highest BCUT2D eigenvalue weighted by molar-refractivity contribution is 7.07. The largest absolute Gasteiger partial charge is 0.316 e. The summed E-state index contributed by atoms with van der Waals surface area (Å²) >= 11 is 13.8. The highest BCUT2D eigenvalue weighted by Crippen LogP contribution is 2.29. The van der Waals surface area contributed by atoms with Crippen LogP contribution in [0.1, 0.15) is 13.8 Å². The molecule has 3 aromatic rings. The predicted molar refractivity (Wildman–Crippen MR) is 102 cm³/mol. The Hall–Kier alpha value is -1.62. The summed E-state index contributed by atoms with van der Waals surface area (Å²) in [5.74, 6) is 0.494. The summed E-state index contributed by atoms with van der Waals surface area (Å²) < 4.78 is 2.22. The Balaban J connectivity index is 2.13. The predicted octanol–water partition coefficient (Wildman–Crippen LogP) is 5.81. The number of aromatic nitrogens is 2. The van der Waals surface area contributed by atoms with Gasteiger partial charge in [-0.05, 0) is 30.2 Å². The fourth-order valence-electron chi connectivity index (χ4n) is 2.38. The van der Waals surface area contributed by atoms with Gasteiger partial charge in [0.05, 0.1) is 27.6 Å². The molecule has 0 saturated heterocycles. The van der Waals surface area contributed by atoms with Crippen LogP contribution in [0, 0.1) is 5.92 Å². The zero-order valence-electron chi connectivity index (χ0n) is 13.4. The molecule has 0 amide bonds. The van der Waals surface area contributed by atoms with E-state index in [1.165, 1.54) is 0 Å².